The highest BCUT2D eigenvalue weighted by molar-refractivity contribution is 5.31. The number of nitrogens with one attached hydrogen (secondary N) is 1. The van der Waals surface area contributed by atoms with Gasteiger partial charge in [-0.1, -0.05) is 30.7 Å². The molecule has 1 aromatic carbocycles. The van der Waals surface area contributed by atoms with E-state index in [1.165, 1.54) is 43.4 Å². The Kier molecular flexibility index (Phi) is 4.71. The van der Waals surface area contributed by atoms with Gasteiger partial charge in [0.1, 0.15) is 0 Å². The molecule has 1 N–H and O–H groups in total. The molecular weight excluding hydrogens is 248 g/mol. The van der Waals surface area contributed by atoms with Gasteiger partial charge in [0, 0.05) is 6.04 Å². The highest BCUT2D eigenvalue weighted by Crippen LogP contribution is 2.34. The molecule has 20 heavy (non-hydrogen) atoms. The van der Waals surface area contributed by atoms with Crippen LogP contribution in [-0.4, -0.2) is 37.7 Å². The lowest BCUT2D eigenvalue weighted by molar-refractivity contribution is -0.000710. The Bertz CT molecular complexity index is 435. The fourth-order valence-corrected chi connectivity index (χ4v) is 3.69. The minimum atomic E-state index is 0.460. The van der Waals surface area contributed by atoms with Gasteiger partial charge in [0.05, 0.1) is 19.3 Å². The van der Waals surface area contributed by atoms with Crippen LogP contribution in [0, 0.1) is 0 Å². The van der Waals surface area contributed by atoms with Crippen molar-refractivity contribution in [3.63, 3.8) is 0 Å². The fraction of sp³-hybridized carbons (Fsp3) is 0.647. The largest absolute Gasteiger partial charge is 0.375 e. The van der Waals surface area contributed by atoms with Gasteiger partial charge in [0.15, 0.2) is 0 Å². The molecular formula is C17H26N2O. The molecule has 2 unspecified atom stereocenters. The predicted octanol–water partition coefficient (Wildman–Crippen LogP) is 2.72. The van der Waals surface area contributed by atoms with Crippen LogP contribution in [0.3, 0.4) is 0 Å². The van der Waals surface area contributed by atoms with Gasteiger partial charge in [-0.05, 0) is 50.5 Å². The van der Waals surface area contributed by atoms with E-state index in [0.717, 1.165) is 19.8 Å². The summed E-state index contributed by atoms with van der Waals surface area (Å²) in [5.41, 5.74) is 2.87. The minimum absolute atomic E-state index is 0.460. The zero-order valence-electron chi connectivity index (χ0n) is 12.5. The Morgan fingerprint density at radius 2 is 2.20 bits per heavy atom. The van der Waals surface area contributed by atoms with Crippen molar-refractivity contribution in [3.05, 3.63) is 35.4 Å². The van der Waals surface area contributed by atoms with Crippen molar-refractivity contribution in [2.45, 2.75) is 44.4 Å². The quantitative estimate of drug-likeness (QED) is 0.913. The molecule has 3 rings (SSSR count). The molecule has 0 radical (unpaired) electrons. The highest BCUT2D eigenvalue weighted by atomic mass is 16.5. The van der Waals surface area contributed by atoms with Crippen molar-refractivity contribution in [1.29, 1.82) is 0 Å². The Labute approximate surface area is 122 Å². The maximum atomic E-state index is 5.86. The van der Waals surface area contributed by atoms with Crippen molar-refractivity contribution in [1.82, 2.24) is 10.2 Å². The summed E-state index contributed by atoms with van der Waals surface area (Å²) in [5, 5.41) is 3.30. The summed E-state index contributed by atoms with van der Waals surface area (Å²) < 4.78 is 5.86. The summed E-state index contributed by atoms with van der Waals surface area (Å²) in [6, 6.07) is 9.97. The molecule has 0 saturated carbocycles. The van der Waals surface area contributed by atoms with E-state index in [2.05, 4.69) is 34.5 Å². The molecule has 2 heterocycles. The van der Waals surface area contributed by atoms with Crippen molar-refractivity contribution >= 4 is 0 Å². The van der Waals surface area contributed by atoms with E-state index < -0.39 is 0 Å². The highest BCUT2D eigenvalue weighted by Gasteiger charge is 2.32. The normalized spacial score (nSPS) is 27.2. The Balaban J connectivity index is 1.80. The van der Waals surface area contributed by atoms with Gasteiger partial charge < -0.3 is 10.1 Å². The Morgan fingerprint density at radius 1 is 1.30 bits per heavy atom. The number of benzene rings is 1. The van der Waals surface area contributed by atoms with Gasteiger partial charge in [-0.3, -0.25) is 4.90 Å². The van der Waals surface area contributed by atoms with E-state index >= 15 is 0 Å². The van der Waals surface area contributed by atoms with Gasteiger partial charge in [-0.2, -0.15) is 0 Å². The fourth-order valence-electron chi connectivity index (χ4n) is 3.69. The van der Waals surface area contributed by atoms with Crippen LogP contribution >= 0.6 is 0 Å². The molecule has 1 aromatic rings. The SMILES string of the molecule is CNCCC1CCCCN1C1COCc2ccccc21. The third kappa shape index (κ3) is 2.90. The lowest BCUT2D eigenvalue weighted by Gasteiger charge is -2.43. The first-order valence-electron chi connectivity index (χ1n) is 7.96. The molecule has 2 aliphatic heterocycles. The molecule has 2 atom stereocenters. The maximum absolute atomic E-state index is 5.86. The van der Waals surface area contributed by atoms with E-state index in [1.54, 1.807) is 0 Å². The van der Waals surface area contributed by atoms with E-state index in [0.29, 0.717) is 12.1 Å². The smallest absolute Gasteiger partial charge is 0.0721 e. The molecule has 0 bridgehead atoms. The van der Waals surface area contributed by atoms with Crippen molar-refractivity contribution < 1.29 is 4.74 Å². The topological polar surface area (TPSA) is 24.5 Å². The first-order valence-corrected chi connectivity index (χ1v) is 7.96. The molecule has 110 valence electrons. The number of hydrogen-bond donors (Lipinski definition) is 1. The Morgan fingerprint density at radius 3 is 3.10 bits per heavy atom. The predicted molar refractivity (Wildman–Crippen MR) is 81.7 cm³/mol. The van der Waals surface area contributed by atoms with Crippen LogP contribution in [0.15, 0.2) is 24.3 Å². The summed E-state index contributed by atoms with van der Waals surface area (Å²) in [5.74, 6) is 0. The van der Waals surface area contributed by atoms with E-state index in [1.807, 2.05) is 7.05 Å². The van der Waals surface area contributed by atoms with Crippen molar-refractivity contribution in [3.8, 4) is 0 Å². The second-order valence-corrected chi connectivity index (χ2v) is 6.01. The third-order valence-corrected chi connectivity index (χ3v) is 4.75. The number of hydrogen-bond acceptors (Lipinski definition) is 3. The van der Waals surface area contributed by atoms with Crippen LogP contribution in [-0.2, 0) is 11.3 Å². The number of piperidine rings is 1. The molecule has 1 saturated heterocycles. The molecule has 0 spiro atoms. The molecule has 0 aliphatic carbocycles. The second kappa shape index (κ2) is 6.70. The summed E-state index contributed by atoms with van der Waals surface area (Å²) in [7, 11) is 2.05. The van der Waals surface area contributed by atoms with Gasteiger partial charge in [0.25, 0.3) is 0 Å². The summed E-state index contributed by atoms with van der Waals surface area (Å²) in [4.78, 5) is 2.71. The number of rotatable bonds is 4. The van der Waals surface area contributed by atoms with Gasteiger partial charge in [0.2, 0.25) is 0 Å². The van der Waals surface area contributed by atoms with Gasteiger partial charge >= 0.3 is 0 Å². The average Bonchev–Trinajstić information content (AvgIpc) is 2.53. The van der Waals surface area contributed by atoms with Gasteiger partial charge in [-0.15, -0.1) is 0 Å². The lowest BCUT2D eigenvalue weighted by atomic mass is 9.92. The maximum Gasteiger partial charge on any atom is 0.0721 e. The van der Waals surface area contributed by atoms with Crippen LogP contribution in [0.4, 0.5) is 0 Å². The number of likely N-dealkylation sites (tertiary alicyclic amines) is 1. The number of ether oxygens (including phenoxy) is 1. The van der Waals surface area contributed by atoms with Crippen LogP contribution in [0.25, 0.3) is 0 Å². The van der Waals surface area contributed by atoms with Crippen LogP contribution in [0.5, 0.6) is 0 Å². The minimum Gasteiger partial charge on any atom is -0.375 e. The zero-order valence-corrected chi connectivity index (χ0v) is 12.5. The molecule has 3 nitrogen and oxygen atoms in total. The zero-order chi connectivity index (χ0) is 13.8. The lowest BCUT2D eigenvalue weighted by Crippen LogP contribution is -2.45. The first kappa shape index (κ1) is 14.1. The monoisotopic (exact) mass is 274 g/mol. The molecule has 0 amide bonds. The number of nitrogens with zero attached hydrogens (tertiary/aromatic N) is 1. The van der Waals surface area contributed by atoms with Crippen molar-refractivity contribution in [2.24, 2.45) is 0 Å². The second-order valence-electron chi connectivity index (χ2n) is 6.01. The summed E-state index contributed by atoms with van der Waals surface area (Å²) >= 11 is 0. The van der Waals surface area contributed by atoms with Crippen molar-refractivity contribution in [2.75, 3.05) is 26.7 Å². The Hall–Kier alpha value is -0.900. The van der Waals surface area contributed by atoms with Gasteiger partial charge in [-0.25, -0.2) is 0 Å². The number of fused-ring (bicyclic) bond motifs is 1. The standard InChI is InChI=1S/C17H26N2O/c1-18-10-9-15-7-4-5-11-19(15)17-13-20-12-14-6-2-3-8-16(14)17/h2-3,6,8,15,17-18H,4-5,7,9-13H2,1H3. The first-order chi connectivity index (χ1) is 9.90. The van der Waals surface area contributed by atoms with Crippen LogP contribution < -0.4 is 5.32 Å². The van der Waals surface area contributed by atoms with Crippen LogP contribution in [0.2, 0.25) is 0 Å². The van der Waals surface area contributed by atoms with Crippen LogP contribution in [0.1, 0.15) is 42.9 Å². The molecule has 3 heteroatoms. The van der Waals surface area contributed by atoms with E-state index in [9.17, 15) is 0 Å². The summed E-state index contributed by atoms with van der Waals surface area (Å²) in [6.07, 6.45) is 5.28. The summed E-state index contributed by atoms with van der Waals surface area (Å²) in [6.45, 7) is 3.96. The average molecular weight is 274 g/mol. The third-order valence-electron chi connectivity index (χ3n) is 4.75. The molecule has 2 aliphatic rings. The van der Waals surface area contributed by atoms with E-state index in [-0.39, 0.29) is 0 Å². The van der Waals surface area contributed by atoms with E-state index in [4.69, 9.17) is 4.74 Å². The molecule has 1 fully saturated rings. The molecule has 0 aromatic heterocycles.